The second-order valence-electron chi connectivity index (χ2n) is 20.1. The number of para-hydroxylation sites is 2. The smallest absolute Gasteiger partial charge is 0.261 e. The third kappa shape index (κ3) is 12.4. The van der Waals surface area contributed by atoms with Gasteiger partial charge in [0.1, 0.15) is 25.3 Å². The Hall–Kier alpha value is -7.84. The molecule has 18 nitrogen and oxygen atoms in total. The molecule has 4 heterocycles. The highest BCUT2D eigenvalue weighted by atomic mass is 33.1. The van der Waals surface area contributed by atoms with E-state index in [1.54, 1.807) is 94.1 Å². The van der Waals surface area contributed by atoms with Crippen LogP contribution in [-0.4, -0.2) is 96.8 Å². The van der Waals surface area contributed by atoms with Crippen LogP contribution in [0.25, 0.3) is 0 Å². The quantitative estimate of drug-likeness (QED) is 0.0377. The van der Waals surface area contributed by atoms with E-state index >= 15 is 0 Å². The number of amides is 6. The van der Waals surface area contributed by atoms with E-state index < -0.39 is 23.9 Å². The third-order valence-electron chi connectivity index (χ3n) is 13.8. The van der Waals surface area contributed by atoms with Crippen molar-refractivity contribution < 1.29 is 47.7 Å². The molecule has 0 saturated heterocycles. The van der Waals surface area contributed by atoms with Crippen molar-refractivity contribution in [2.45, 2.75) is 108 Å². The van der Waals surface area contributed by atoms with Crippen molar-refractivity contribution in [3.63, 3.8) is 0 Å². The molecule has 4 atom stereocenters. The lowest BCUT2D eigenvalue weighted by atomic mass is 10.1. The molecular weight excluding hydrogens is 1030 g/mol. The van der Waals surface area contributed by atoms with Gasteiger partial charge in [-0.15, -0.1) is 0 Å². The molecule has 406 valence electrons. The average Bonchev–Trinajstić information content (AvgIpc) is 3.97. The monoisotopic (exact) mass is 1090 g/mol. The summed E-state index contributed by atoms with van der Waals surface area (Å²) in [7, 11) is 6.25. The molecule has 0 spiro atoms. The molecule has 5 N–H and O–H groups in total. The Kier molecular flexibility index (Phi) is 16.8. The van der Waals surface area contributed by atoms with E-state index in [1.807, 2.05) is 68.4 Å². The van der Waals surface area contributed by atoms with Crippen LogP contribution in [0.5, 0.6) is 23.0 Å². The first-order valence-corrected chi connectivity index (χ1v) is 28.0. The summed E-state index contributed by atoms with van der Waals surface area (Å²) in [6, 6.07) is 25.1. The Morgan fingerprint density at radius 2 is 1.21 bits per heavy atom. The number of aliphatic imine (C=N–C) groups is 2. The minimum absolute atomic E-state index is 0.0272. The zero-order valence-corrected chi connectivity index (χ0v) is 45.9. The van der Waals surface area contributed by atoms with Crippen LogP contribution in [0.3, 0.4) is 0 Å². The van der Waals surface area contributed by atoms with Gasteiger partial charge < -0.3 is 40.6 Å². The lowest BCUT2D eigenvalue weighted by Crippen LogP contribution is -2.50. The molecule has 0 aliphatic carbocycles. The highest BCUT2D eigenvalue weighted by Crippen LogP contribution is 2.44. The average molecular weight is 1100 g/mol. The number of carbonyl (C=O) groups excluding carboxylic acids is 6. The minimum atomic E-state index is -1.02. The Morgan fingerprint density at radius 1 is 0.692 bits per heavy atom. The zero-order valence-electron chi connectivity index (χ0n) is 44.3. The first-order valence-electron chi connectivity index (χ1n) is 25.7. The van der Waals surface area contributed by atoms with Crippen molar-refractivity contribution in [2.24, 2.45) is 15.7 Å². The second kappa shape index (κ2) is 23.8. The number of methoxy groups -OCH3 is 2. The SMILES string of the molecule is COc1cc2c(cc1OCc1cc(COc3cc4c(cc3OC)C(=O)N3c5ccccc5C[C@H]3C=N4)cc(NC(=O)[C@H](C)NC(=O)[C@H](C)NC(=O)CCC(C)(C)SSCCCC(N)=O)c1)N=C[C@@H]1Cc3ccccc3N1C2=O. The zero-order chi connectivity index (χ0) is 55.3. The van der Waals surface area contributed by atoms with Gasteiger partial charge >= 0.3 is 0 Å². The summed E-state index contributed by atoms with van der Waals surface area (Å²) in [5.41, 5.74) is 12.2. The molecule has 0 saturated carbocycles. The largest absolute Gasteiger partial charge is 0.493 e. The van der Waals surface area contributed by atoms with Crippen molar-refractivity contribution in [1.82, 2.24) is 10.6 Å². The number of anilines is 3. The molecule has 9 rings (SSSR count). The Bertz CT molecular complexity index is 3080. The van der Waals surface area contributed by atoms with Crippen LogP contribution in [0.15, 0.2) is 101 Å². The molecule has 5 aromatic rings. The number of hydrogen-bond acceptors (Lipinski definition) is 14. The summed E-state index contributed by atoms with van der Waals surface area (Å²) < 4.78 is 24.2. The minimum Gasteiger partial charge on any atom is -0.493 e. The molecule has 0 unspecified atom stereocenters. The maximum absolute atomic E-state index is 14.1. The Balaban J connectivity index is 0.904. The number of nitrogens with one attached hydrogen (secondary N) is 3. The fraction of sp³-hybridized carbons (Fsp3) is 0.345. The molecule has 4 aliphatic rings. The molecule has 0 radical (unpaired) electrons. The van der Waals surface area contributed by atoms with Crippen molar-refractivity contribution in [1.29, 1.82) is 0 Å². The van der Waals surface area contributed by atoms with Crippen LogP contribution in [0, 0.1) is 0 Å². The van der Waals surface area contributed by atoms with Crippen LogP contribution >= 0.6 is 21.6 Å². The molecule has 0 aromatic heterocycles. The highest BCUT2D eigenvalue weighted by Gasteiger charge is 2.38. The van der Waals surface area contributed by atoms with Gasteiger partial charge in [0.05, 0.1) is 48.8 Å². The van der Waals surface area contributed by atoms with E-state index in [2.05, 4.69) is 16.0 Å². The van der Waals surface area contributed by atoms with Crippen molar-refractivity contribution in [3.05, 3.63) is 124 Å². The van der Waals surface area contributed by atoms with Gasteiger partial charge in [0.2, 0.25) is 23.6 Å². The number of hydrogen-bond donors (Lipinski definition) is 4. The summed E-state index contributed by atoms with van der Waals surface area (Å²) >= 11 is 0. The number of fused-ring (bicyclic) bond motifs is 8. The van der Waals surface area contributed by atoms with Gasteiger partial charge in [0, 0.05) is 77.8 Å². The van der Waals surface area contributed by atoms with E-state index in [0.717, 1.165) is 28.3 Å². The van der Waals surface area contributed by atoms with Crippen LogP contribution in [0.2, 0.25) is 0 Å². The van der Waals surface area contributed by atoms with Crippen LogP contribution in [0.1, 0.15) is 96.3 Å². The summed E-state index contributed by atoms with van der Waals surface area (Å²) in [6.07, 6.45) is 6.60. The standard InChI is InChI=1S/C58H62N8O10S2/c1-33(62-53(68)17-18-58(3,4)78-77-19-11-16-52(59)67)54(69)63-34(2)55(70)64-39-21-35(31-75-50-27-44-42(25-48(50)73-5)56(71)65-40(29-60-44)23-37-12-7-9-14-46(37)65)20-36(22-39)32-76-51-28-45-43(26-49(51)74-6)57(72)66-41(30-61-45)24-38-13-8-10-15-47(38)66/h7-10,12-15,20-22,25-30,33-34,40-41H,11,16-19,23-24,31-32H2,1-6H3,(H2,59,67)(H,62,68)(H,63,69)(H,64,70)/t33-,34-,40-,41-/m0/s1. The van der Waals surface area contributed by atoms with Crippen LogP contribution in [0.4, 0.5) is 28.4 Å². The second-order valence-corrected chi connectivity index (χ2v) is 23.2. The lowest BCUT2D eigenvalue weighted by Gasteiger charge is -2.23. The first-order chi connectivity index (χ1) is 37.5. The normalized spacial score (nSPS) is 16.5. The topological polar surface area (TPSA) is 233 Å². The molecule has 5 aromatic carbocycles. The van der Waals surface area contributed by atoms with Gasteiger partial charge in [0.25, 0.3) is 11.8 Å². The van der Waals surface area contributed by atoms with E-state index in [9.17, 15) is 28.8 Å². The van der Waals surface area contributed by atoms with E-state index in [1.165, 1.54) is 14.2 Å². The fourth-order valence-corrected chi connectivity index (χ4v) is 12.4. The molecular formula is C58H62N8O10S2. The van der Waals surface area contributed by atoms with Gasteiger partial charge in [-0.2, -0.15) is 0 Å². The first kappa shape index (κ1) is 54.9. The fourth-order valence-electron chi connectivity index (χ4n) is 9.70. The van der Waals surface area contributed by atoms with Gasteiger partial charge in [-0.3, -0.25) is 48.6 Å². The summed E-state index contributed by atoms with van der Waals surface area (Å²) in [5, 5.41) is 8.38. The number of rotatable bonds is 22. The molecule has 78 heavy (non-hydrogen) atoms. The van der Waals surface area contributed by atoms with Gasteiger partial charge in [-0.1, -0.05) is 58.0 Å². The van der Waals surface area contributed by atoms with Crippen molar-refractivity contribution in [3.8, 4) is 23.0 Å². The van der Waals surface area contributed by atoms with Gasteiger partial charge in [-0.25, -0.2) is 0 Å². The molecule has 0 fully saturated rings. The van der Waals surface area contributed by atoms with E-state index in [-0.39, 0.29) is 60.1 Å². The van der Waals surface area contributed by atoms with Gasteiger partial charge in [0.15, 0.2) is 23.0 Å². The van der Waals surface area contributed by atoms with Crippen LogP contribution in [-0.2, 0) is 45.2 Å². The Labute approximate surface area is 460 Å². The number of nitrogens with zero attached hydrogens (tertiary/aromatic N) is 4. The third-order valence-corrected chi connectivity index (χ3v) is 17.2. The number of nitrogens with two attached hydrogens (primary N) is 1. The number of carbonyl (C=O) groups is 6. The van der Waals surface area contributed by atoms with Crippen molar-refractivity contribution in [2.75, 3.05) is 35.1 Å². The molecule has 6 amide bonds. The number of benzene rings is 5. The van der Waals surface area contributed by atoms with Crippen LogP contribution < -0.4 is 50.4 Å². The maximum atomic E-state index is 14.1. The van der Waals surface area contributed by atoms with E-state index in [0.29, 0.717) is 94.4 Å². The summed E-state index contributed by atoms with van der Waals surface area (Å²) in [4.78, 5) is 92.4. The van der Waals surface area contributed by atoms with Crippen molar-refractivity contribution >= 4 is 97.9 Å². The molecule has 4 aliphatic heterocycles. The van der Waals surface area contributed by atoms with Gasteiger partial charge in [-0.05, 0) is 105 Å². The predicted molar refractivity (Wildman–Crippen MR) is 305 cm³/mol. The maximum Gasteiger partial charge on any atom is 0.261 e. The lowest BCUT2D eigenvalue weighted by molar-refractivity contribution is -0.130. The summed E-state index contributed by atoms with van der Waals surface area (Å²) in [6.45, 7) is 7.11. The number of ether oxygens (including phenoxy) is 4. The highest BCUT2D eigenvalue weighted by molar-refractivity contribution is 8.77. The summed E-state index contributed by atoms with van der Waals surface area (Å²) in [5.74, 6) is -0.0556. The predicted octanol–water partition coefficient (Wildman–Crippen LogP) is 8.59. The molecule has 20 heteroatoms. The van der Waals surface area contributed by atoms with E-state index in [4.69, 9.17) is 34.7 Å². The number of primary amides is 1. The molecule has 0 bridgehead atoms. The Morgan fingerprint density at radius 3 is 1.72 bits per heavy atom.